The Bertz CT molecular complexity index is 1010. The number of amides is 1. The first-order valence-corrected chi connectivity index (χ1v) is 11.4. The summed E-state index contributed by atoms with van der Waals surface area (Å²) < 4.78 is 0. The highest BCUT2D eigenvalue weighted by molar-refractivity contribution is 8.04. The van der Waals surface area contributed by atoms with Gasteiger partial charge < -0.3 is 5.32 Å². The Morgan fingerprint density at radius 3 is 1.96 bits per heavy atom. The van der Waals surface area contributed by atoms with Gasteiger partial charge in [0.25, 0.3) is 0 Å². The van der Waals surface area contributed by atoms with Crippen LogP contribution in [0.5, 0.6) is 0 Å². The lowest BCUT2D eigenvalue weighted by molar-refractivity contribution is -0.114. The number of carbonyl (C=O) groups excluding carboxylic acids is 1. The van der Waals surface area contributed by atoms with Crippen molar-refractivity contribution in [3.63, 3.8) is 0 Å². The van der Waals surface area contributed by atoms with Gasteiger partial charge in [0.2, 0.25) is 5.91 Å². The van der Waals surface area contributed by atoms with Crippen molar-refractivity contribution in [3.05, 3.63) is 72.3 Å². The molecule has 1 amide bonds. The molecule has 0 spiro atoms. The number of hydrogen-bond donors (Lipinski definition) is 1. The summed E-state index contributed by atoms with van der Waals surface area (Å²) in [6.07, 6.45) is 0. The van der Waals surface area contributed by atoms with Gasteiger partial charge in [0.15, 0.2) is 14.7 Å². The van der Waals surface area contributed by atoms with Gasteiger partial charge in [0, 0.05) is 13.0 Å². The third kappa shape index (κ3) is 3.59. The molecule has 1 heterocycles. The molecule has 28 heavy (non-hydrogen) atoms. The normalized spacial score (nSPS) is 13.6. The van der Waals surface area contributed by atoms with Crippen molar-refractivity contribution in [2.24, 2.45) is 0 Å². The molecule has 4 rings (SSSR count). The molecule has 0 saturated heterocycles. The molecule has 1 aliphatic rings. The van der Waals surface area contributed by atoms with Gasteiger partial charge in [-0.25, -0.2) is 0 Å². The molecule has 1 N–H and O–H groups in total. The standard InChI is InChI=1S/C24H23NOS2/c1-16(26)25-18-14-13-17(24(2,3)4)15-23(18)28-21-11-7-5-9-19(21)27-20-10-6-8-12-22(20)28/h5-15H,1-4H3/p+1. The lowest BCUT2D eigenvalue weighted by atomic mass is 9.87. The van der Waals surface area contributed by atoms with E-state index < -0.39 is 0 Å². The van der Waals surface area contributed by atoms with E-state index in [1.807, 2.05) is 11.8 Å². The van der Waals surface area contributed by atoms with Crippen molar-refractivity contribution >= 4 is 34.3 Å². The number of carbonyl (C=O) groups is 1. The summed E-state index contributed by atoms with van der Waals surface area (Å²) in [4.78, 5) is 18.3. The van der Waals surface area contributed by atoms with Gasteiger partial charge in [-0.1, -0.05) is 62.9 Å². The molecule has 0 saturated carbocycles. The number of fused-ring (bicyclic) bond motifs is 2. The van der Waals surface area contributed by atoms with Crippen molar-refractivity contribution in [2.45, 2.75) is 57.6 Å². The maximum atomic E-state index is 11.9. The van der Waals surface area contributed by atoms with Crippen molar-refractivity contribution < 1.29 is 4.79 Å². The first kappa shape index (κ1) is 19.2. The van der Waals surface area contributed by atoms with Crippen LogP contribution in [0.4, 0.5) is 5.69 Å². The molecule has 4 heteroatoms. The number of rotatable bonds is 2. The molecule has 2 nitrogen and oxygen atoms in total. The predicted octanol–water partition coefficient (Wildman–Crippen LogP) is 6.50. The summed E-state index contributed by atoms with van der Waals surface area (Å²) in [6, 6.07) is 23.7. The quantitative estimate of drug-likeness (QED) is 0.385. The number of hydrogen-bond acceptors (Lipinski definition) is 2. The Morgan fingerprint density at radius 2 is 1.43 bits per heavy atom. The molecule has 0 unspecified atom stereocenters. The molecule has 0 aliphatic carbocycles. The zero-order valence-electron chi connectivity index (χ0n) is 16.6. The van der Waals surface area contributed by atoms with E-state index in [-0.39, 0.29) is 22.2 Å². The second-order valence-corrected chi connectivity index (χ2v) is 11.0. The molecule has 0 fully saturated rings. The Hall–Kier alpha value is -2.17. The van der Waals surface area contributed by atoms with Crippen LogP contribution in [-0.4, -0.2) is 5.91 Å². The fraction of sp³-hybridized carbons (Fsp3) is 0.208. The lowest BCUT2D eigenvalue weighted by Crippen LogP contribution is -2.18. The van der Waals surface area contributed by atoms with E-state index in [1.54, 1.807) is 6.92 Å². The van der Waals surface area contributed by atoms with Gasteiger partial charge in [0.05, 0.1) is 15.5 Å². The minimum atomic E-state index is -0.267. The Morgan fingerprint density at radius 1 is 0.857 bits per heavy atom. The minimum Gasteiger partial charge on any atom is -0.322 e. The van der Waals surface area contributed by atoms with Crippen LogP contribution in [0.1, 0.15) is 33.3 Å². The molecule has 1 aliphatic heterocycles. The molecule has 0 radical (unpaired) electrons. The second-order valence-electron chi connectivity index (χ2n) is 7.94. The van der Waals surface area contributed by atoms with Crippen LogP contribution in [0.2, 0.25) is 0 Å². The molecule has 3 aromatic rings. The van der Waals surface area contributed by atoms with E-state index in [4.69, 9.17) is 0 Å². The third-order valence-corrected chi connectivity index (χ3v) is 8.52. The highest BCUT2D eigenvalue weighted by Crippen LogP contribution is 2.49. The minimum absolute atomic E-state index is 0.0381. The molecule has 0 atom stereocenters. The number of nitrogens with one attached hydrogen (secondary N) is 1. The van der Waals surface area contributed by atoms with E-state index in [0.717, 1.165) is 5.69 Å². The summed E-state index contributed by atoms with van der Waals surface area (Å²) in [6.45, 7) is 8.26. The van der Waals surface area contributed by atoms with Gasteiger partial charge in [-0.05, 0) is 41.3 Å². The molecule has 0 bridgehead atoms. The van der Waals surface area contributed by atoms with Crippen LogP contribution in [-0.2, 0) is 21.1 Å². The summed E-state index contributed by atoms with van der Waals surface area (Å²) in [5.41, 5.74) is 2.22. The monoisotopic (exact) mass is 406 g/mol. The van der Waals surface area contributed by atoms with Crippen molar-refractivity contribution in [1.29, 1.82) is 0 Å². The highest BCUT2D eigenvalue weighted by atomic mass is 32.2. The maximum absolute atomic E-state index is 11.9. The predicted molar refractivity (Wildman–Crippen MR) is 119 cm³/mol. The summed E-state index contributed by atoms with van der Waals surface area (Å²) in [7, 11) is -0.267. The van der Waals surface area contributed by atoms with E-state index in [2.05, 4.69) is 92.8 Å². The number of benzene rings is 3. The molecule has 142 valence electrons. The van der Waals surface area contributed by atoms with Crippen LogP contribution < -0.4 is 5.32 Å². The molecular formula is C24H24NOS2+. The highest BCUT2D eigenvalue weighted by Gasteiger charge is 2.40. The molecular weight excluding hydrogens is 382 g/mol. The van der Waals surface area contributed by atoms with E-state index >= 15 is 0 Å². The zero-order valence-corrected chi connectivity index (χ0v) is 18.2. The van der Waals surface area contributed by atoms with E-state index in [1.165, 1.54) is 30.0 Å². The Balaban J connectivity index is 1.99. The van der Waals surface area contributed by atoms with Gasteiger partial charge in [-0.3, -0.25) is 4.79 Å². The molecule has 3 aromatic carbocycles. The lowest BCUT2D eigenvalue weighted by Gasteiger charge is -2.23. The first-order chi connectivity index (χ1) is 13.3. The van der Waals surface area contributed by atoms with Gasteiger partial charge in [-0.15, -0.1) is 0 Å². The van der Waals surface area contributed by atoms with E-state index in [0.29, 0.717) is 0 Å². The smallest absolute Gasteiger partial charge is 0.221 e. The second kappa shape index (κ2) is 7.34. The zero-order chi connectivity index (χ0) is 19.9. The Labute approximate surface area is 174 Å². The van der Waals surface area contributed by atoms with Crippen LogP contribution in [0.3, 0.4) is 0 Å². The van der Waals surface area contributed by atoms with Gasteiger partial charge >= 0.3 is 0 Å². The van der Waals surface area contributed by atoms with Gasteiger partial charge in [0.1, 0.15) is 10.9 Å². The molecule has 0 aromatic heterocycles. The third-order valence-electron chi connectivity index (χ3n) is 4.74. The first-order valence-electron chi connectivity index (χ1n) is 9.37. The SMILES string of the molecule is CC(=O)Nc1ccc(C(C)(C)C)cc1[S+]1c2ccccc2Sc2ccccc21. The average Bonchev–Trinajstić information content (AvgIpc) is 2.65. The number of anilines is 1. The van der Waals surface area contributed by atoms with Crippen molar-refractivity contribution in [1.82, 2.24) is 0 Å². The topological polar surface area (TPSA) is 29.1 Å². The van der Waals surface area contributed by atoms with Crippen LogP contribution in [0.15, 0.2) is 91.2 Å². The maximum Gasteiger partial charge on any atom is 0.221 e. The fourth-order valence-electron chi connectivity index (χ4n) is 3.33. The summed E-state index contributed by atoms with van der Waals surface area (Å²) in [5.74, 6) is -0.0405. The van der Waals surface area contributed by atoms with Crippen LogP contribution in [0.25, 0.3) is 0 Å². The summed E-state index contributed by atoms with van der Waals surface area (Å²) >= 11 is 1.83. The average molecular weight is 407 g/mol. The van der Waals surface area contributed by atoms with Crippen LogP contribution >= 0.6 is 11.8 Å². The van der Waals surface area contributed by atoms with Gasteiger partial charge in [-0.2, -0.15) is 0 Å². The van der Waals surface area contributed by atoms with Crippen molar-refractivity contribution in [2.75, 3.05) is 5.32 Å². The van der Waals surface area contributed by atoms with Crippen LogP contribution in [0, 0.1) is 0 Å². The van der Waals surface area contributed by atoms with E-state index in [9.17, 15) is 4.79 Å². The summed E-state index contributed by atoms with van der Waals surface area (Å²) in [5, 5.41) is 3.07. The fourth-order valence-corrected chi connectivity index (χ4v) is 7.21. The van der Waals surface area contributed by atoms with Crippen molar-refractivity contribution in [3.8, 4) is 0 Å². The largest absolute Gasteiger partial charge is 0.322 e. The Kier molecular flexibility index (Phi) is 5.02.